The lowest BCUT2D eigenvalue weighted by atomic mass is 10.1. The summed E-state index contributed by atoms with van der Waals surface area (Å²) in [7, 11) is 0. The van der Waals surface area contributed by atoms with Gasteiger partial charge in [-0.05, 0) is 45.0 Å². The van der Waals surface area contributed by atoms with E-state index >= 15 is 0 Å². The van der Waals surface area contributed by atoms with Crippen LogP contribution in [0, 0.1) is 6.92 Å². The molecular weight excluding hydrogens is 266 g/mol. The number of hydrogen-bond acceptors (Lipinski definition) is 3. The van der Waals surface area contributed by atoms with E-state index in [0.29, 0.717) is 11.4 Å². The number of amides is 1. The van der Waals surface area contributed by atoms with Crippen LogP contribution in [0.2, 0.25) is 0 Å². The summed E-state index contributed by atoms with van der Waals surface area (Å²) in [5, 5.41) is 2.85. The second-order valence-corrected chi connectivity index (χ2v) is 5.34. The number of carbonyl (C=O) groups is 1. The fraction of sp³-hybridized carbons (Fsp3) is 0.250. The highest BCUT2D eigenvalue weighted by molar-refractivity contribution is 6.34. The second-order valence-electron chi connectivity index (χ2n) is 5.34. The van der Waals surface area contributed by atoms with Gasteiger partial charge in [0.2, 0.25) is 0 Å². The van der Waals surface area contributed by atoms with E-state index in [1.807, 2.05) is 39.0 Å². The highest BCUT2D eigenvalue weighted by atomic mass is 16.5. The minimum atomic E-state index is -0.124. The van der Waals surface area contributed by atoms with Crippen molar-refractivity contribution in [2.24, 2.45) is 0 Å². The zero-order valence-corrected chi connectivity index (χ0v) is 12.2. The van der Waals surface area contributed by atoms with Gasteiger partial charge in [0.25, 0.3) is 5.91 Å². The van der Waals surface area contributed by atoms with Gasteiger partial charge >= 0.3 is 0 Å². The smallest absolute Gasteiger partial charge is 0.256 e. The lowest BCUT2D eigenvalue weighted by Gasteiger charge is -2.10. The van der Waals surface area contributed by atoms with E-state index in [1.165, 1.54) is 0 Å². The van der Waals surface area contributed by atoms with Gasteiger partial charge in [0.05, 0.1) is 11.7 Å². The Balaban J connectivity index is 2.01. The lowest BCUT2D eigenvalue weighted by Crippen LogP contribution is -2.05. The van der Waals surface area contributed by atoms with E-state index in [9.17, 15) is 4.79 Å². The molecule has 1 aromatic heterocycles. The van der Waals surface area contributed by atoms with Crippen LogP contribution in [0.25, 0.3) is 11.6 Å². The molecule has 108 valence electrons. The Kier molecular flexibility index (Phi) is 3.25. The summed E-state index contributed by atoms with van der Waals surface area (Å²) in [6, 6.07) is 5.60. The van der Waals surface area contributed by atoms with Gasteiger partial charge in [-0.1, -0.05) is 0 Å². The number of rotatable bonds is 3. The van der Waals surface area contributed by atoms with Crippen molar-refractivity contribution >= 4 is 23.2 Å². The molecule has 0 unspecified atom stereocenters. The van der Waals surface area contributed by atoms with Crippen LogP contribution >= 0.6 is 0 Å². The van der Waals surface area contributed by atoms with Crippen LogP contribution in [0.5, 0.6) is 5.75 Å². The molecule has 0 spiro atoms. The first-order valence-electron chi connectivity index (χ1n) is 6.88. The molecule has 2 N–H and O–H groups in total. The Morgan fingerprint density at radius 2 is 2.14 bits per heavy atom. The number of nitrogens with one attached hydrogen (secondary N) is 2. The van der Waals surface area contributed by atoms with Crippen molar-refractivity contribution in [3.63, 3.8) is 0 Å². The number of aromatic nitrogens is 2. The number of ether oxygens (including phenoxy) is 1. The summed E-state index contributed by atoms with van der Waals surface area (Å²) < 4.78 is 5.69. The van der Waals surface area contributed by atoms with Gasteiger partial charge in [0, 0.05) is 23.1 Å². The average molecular weight is 283 g/mol. The molecule has 1 aromatic carbocycles. The molecule has 21 heavy (non-hydrogen) atoms. The monoisotopic (exact) mass is 283 g/mol. The molecule has 0 radical (unpaired) electrons. The van der Waals surface area contributed by atoms with E-state index in [2.05, 4.69) is 15.3 Å². The summed E-state index contributed by atoms with van der Waals surface area (Å²) in [5.74, 6) is 1.29. The predicted octanol–water partition coefficient (Wildman–Crippen LogP) is 3.00. The SMILES string of the molecule is Cc1cnc(C=C2C(=O)Nc3ccc(OC(C)C)cc32)[nH]1. The van der Waals surface area contributed by atoms with E-state index in [1.54, 1.807) is 12.3 Å². The number of aromatic amines is 1. The summed E-state index contributed by atoms with van der Waals surface area (Å²) >= 11 is 0. The molecule has 0 atom stereocenters. The molecule has 0 bridgehead atoms. The Hall–Kier alpha value is -2.56. The number of imidazole rings is 1. The number of carbonyl (C=O) groups excluding carboxylic acids is 1. The fourth-order valence-electron chi connectivity index (χ4n) is 2.30. The van der Waals surface area contributed by atoms with Crippen molar-refractivity contribution in [3.8, 4) is 5.75 Å². The van der Waals surface area contributed by atoms with Crippen molar-refractivity contribution < 1.29 is 9.53 Å². The van der Waals surface area contributed by atoms with Crippen molar-refractivity contribution in [2.75, 3.05) is 5.32 Å². The number of hydrogen-bond donors (Lipinski definition) is 2. The number of fused-ring (bicyclic) bond motifs is 1. The second kappa shape index (κ2) is 5.09. The first kappa shape index (κ1) is 13.4. The van der Waals surface area contributed by atoms with Gasteiger partial charge in [-0.15, -0.1) is 0 Å². The predicted molar refractivity (Wildman–Crippen MR) is 82.0 cm³/mol. The molecule has 3 rings (SSSR count). The molecular formula is C16H17N3O2. The fourth-order valence-corrected chi connectivity index (χ4v) is 2.30. The Morgan fingerprint density at radius 3 is 2.81 bits per heavy atom. The minimum absolute atomic E-state index is 0.0910. The molecule has 0 saturated carbocycles. The van der Waals surface area contributed by atoms with Crippen molar-refractivity contribution in [1.82, 2.24) is 9.97 Å². The average Bonchev–Trinajstić information content (AvgIpc) is 2.95. The summed E-state index contributed by atoms with van der Waals surface area (Å²) in [6.07, 6.45) is 3.58. The first-order valence-corrected chi connectivity index (χ1v) is 6.88. The van der Waals surface area contributed by atoms with Crippen molar-refractivity contribution in [2.45, 2.75) is 26.9 Å². The van der Waals surface area contributed by atoms with Gasteiger partial charge in [-0.2, -0.15) is 0 Å². The third-order valence-corrected chi connectivity index (χ3v) is 3.15. The van der Waals surface area contributed by atoms with Gasteiger partial charge in [0.1, 0.15) is 11.6 Å². The molecule has 1 amide bonds. The molecule has 1 aliphatic rings. The normalized spacial score (nSPS) is 15.4. The Bertz CT molecular complexity index is 729. The third kappa shape index (κ3) is 2.67. The van der Waals surface area contributed by atoms with Gasteiger partial charge in [-0.3, -0.25) is 4.79 Å². The molecule has 0 aliphatic carbocycles. The molecule has 0 saturated heterocycles. The summed E-state index contributed by atoms with van der Waals surface area (Å²) in [5.41, 5.74) is 3.18. The van der Waals surface area contributed by atoms with E-state index in [4.69, 9.17) is 4.74 Å². The maximum Gasteiger partial charge on any atom is 0.256 e. The zero-order valence-electron chi connectivity index (χ0n) is 12.2. The summed E-state index contributed by atoms with van der Waals surface area (Å²) in [4.78, 5) is 19.4. The van der Waals surface area contributed by atoms with Crippen molar-refractivity contribution in [1.29, 1.82) is 0 Å². The van der Waals surface area contributed by atoms with Crippen LogP contribution in [0.3, 0.4) is 0 Å². The number of aryl methyl sites for hydroxylation is 1. The van der Waals surface area contributed by atoms with Crippen LogP contribution in [0.1, 0.15) is 30.9 Å². The molecule has 5 heteroatoms. The standard InChI is InChI=1S/C16H17N3O2/c1-9(2)21-11-4-5-14-12(6-11)13(16(20)19-14)7-15-17-8-10(3)18-15/h4-9H,1-3H3,(H,17,18)(H,19,20). The van der Waals surface area contributed by atoms with Gasteiger partial charge in [0.15, 0.2) is 0 Å². The minimum Gasteiger partial charge on any atom is -0.491 e. The number of H-pyrrole nitrogens is 1. The largest absolute Gasteiger partial charge is 0.491 e. The molecule has 0 fully saturated rings. The Morgan fingerprint density at radius 1 is 1.33 bits per heavy atom. The zero-order chi connectivity index (χ0) is 15.0. The van der Waals surface area contributed by atoms with E-state index < -0.39 is 0 Å². The quantitative estimate of drug-likeness (QED) is 0.851. The maximum absolute atomic E-state index is 12.1. The number of anilines is 1. The van der Waals surface area contributed by atoms with Crippen LogP contribution in [0.4, 0.5) is 5.69 Å². The van der Waals surface area contributed by atoms with Gasteiger partial charge < -0.3 is 15.0 Å². The van der Waals surface area contributed by atoms with E-state index in [-0.39, 0.29) is 12.0 Å². The highest BCUT2D eigenvalue weighted by Crippen LogP contribution is 2.35. The van der Waals surface area contributed by atoms with Crippen LogP contribution in [-0.2, 0) is 4.79 Å². The molecule has 1 aliphatic heterocycles. The highest BCUT2D eigenvalue weighted by Gasteiger charge is 2.25. The van der Waals surface area contributed by atoms with E-state index in [0.717, 1.165) is 22.7 Å². The lowest BCUT2D eigenvalue weighted by molar-refractivity contribution is -0.110. The maximum atomic E-state index is 12.1. The van der Waals surface area contributed by atoms with Crippen LogP contribution in [0.15, 0.2) is 24.4 Å². The van der Waals surface area contributed by atoms with Crippen LogP contribution < -0.4 is 10.1 Å². The number of nitrogens with zero attached hydrogens (tertiary/aromatic N) is 1. The van der Waals surface area contributed by atoms with Crippen LogP contribution in [-0.4, -0.2) is 22.0 Å². The molecule has 2 heterocycles. The molecule has 2 aromatic rings. The molecule has 5 nitrogen and oxygen atoms in total. The third-order valence-electron chi connectivity index (χ3n) is 3.15. The number of benzene rings is 1. The first-order chi connectivity index (χ1) is 10.0. The van der Waals surface area contributed by atoms with Crippen molar-refractivity contribution in [3.05, 3.63) is 41.5 Å². The topological polar surface area (TPSA) is 67.0 Å². The Labute approximate surface area is 123 Å². The summed E-state index contributed by atoms with van der Waals surface area (Å²) in [6.45, 7) is 5.87. The van der Waals surface area contributed by atoms with Gasteiger partial charge in [-0.25, -0.2) is 4.98 Å².